The number of aryl methyl sites for hydroxylation is 2. The molecule has 1 saturated heterocycles. The highest BCUT2D eigenvalue weighted by Gasteiger charge is 2.22. The van der Waals surface area contributed by atoms with Gasteiger partial charge < -0.3 is 0 Å². The molecule has 1 aliphatic heterocycles. The SMILES string of the molecule is ClCCC1CCN(Cc2ccc3c(c2)CCC3)C1. The Bertz CT molecular complexity index is 416. The predicted molar refractivity (Wildman–Crippen MR) is 77.2 cm³/mol. The lowest BCUT2D eigenvalue weighted by molar-refractivity contribution is 0.315. The molecule has 1 nitrogen and oxygen atoms in total. The Balaban J connectivity index is 1.60. The number of alkyl halides is 1. The van der Waals surface area contributed by atoms with Gasteiger partial charge in [0.1, 0.15) is 0 Å². The molecular weight excluding hydrogens is 242 g/mol. The third kappa shape index (κ3) is 2.73. The molecule has 0 radical (unpaired) electrons. The van der Waals surface area contributed by atoms with Crippen LogP contribution in [0.4, 0.5) is 0 Å². The van der Waals surface area contributed by atoms with E-state index in [-0.39, 0.29) is 0 Å². The topological polar surface area (TPSA) is 3.24 Å². The molecule has 3 rings (SSSR count). The Labute approximate surface area is 115 Å². The van der Waals surface area contributed by atoms with E-state index in [1.165, 1.54) is 50.8 Å². The Morgan fingerprint density at radius 1 is 1.22 bits per heavy atom. The molecule has 0 bridgehead atoms. The van der Waals surface area contributed by atoms with Gasteiger partial charge in [0.25, 0.3) is 0 Å². The molecular formula is C16H22ClN. The van der Waals surface area contributed by atoms with E-state index in [2.05, 4.69) is 23.1 Å². The molecule has 2 heteroatoms. The number of fused-ring (bicyclic) bond motifs is 1. The monoisotopic (exact) mass is 263 g/mol. The molecule has 0 N–H and O–H groups in total. The van der Waals surface area contributed by atoms with Crippen LogP contribution in [0.3, 0.4) is 0 Å². The second-order valence-electron chi connectivity index (χ2n) is 5.82. The van der Waals surface area contributed by atoms with Crippen molar-refractivity contribution in [1.29, 1.82) is 0 Å². The van der Waals surface area contributed by atoms with Crippen molar-refractivity contribution >= 4 is 11.6 Å². The van der Waals surface area contributed by atoms with E-state index in [1.807, 2.05) is 0 Å². The van der Waals surface area contributed by atoms with Crippen molar-refractivity contribution in [3.05, 3.63) is 34.9 Å². The number of hydrogen-bond donors (Lipinski definition) is 0. The zero-order valence-corrected chi connectivity index (χ0v) is 11.8. The summed E-state index contributed by atoms with van der Waals surface area (Å²) in [5.74, 6) is 1.65. The predicted octanol–water partition coefficient (Wildman–Crippen LogP) is 3.63. The maximum Gasteiger partial charge on any atom is 0.0233 e. The Morgan fingerprint density at radius 2 is 2.11 bits per heavy atom. The van der Waals surface area contributed by atoms with Gasteiger partial charge in [-0.25, -0.2) is 0 Å². The van der Waals surface area contributed by atoms with Crippen LogP contribution in [0.2, 0.25) is 0 Å². The summed E-state index contributed by atoms with van der Waals surface area (Å²) in [7, 11) is 0. The van der Waals surface area contributed by atoms with E-state index in [9.17, 15) is 0 Å². The molecule has 1 aliphatic carbocycles. The summed E-state index contributed by atoms with van der Waals surface area (Å²) in [5.41, 5.74) is 4.69. The van der Waals surface area contributed by atoms with Crippen molar-refractivity contribution in [1.82, 2.24) is 4.90 Å². The van der Waals surface area contributed by atoms with E-state index in [0.717, 1.165) is 18.3 Å². The Morgan fingerprint density at radius 3 is 3.00 bits per heavy atom. The third-order valence-corrected chi connectivity index (χ3v) is 4.67. The van der Waals surface area contributed by atoms with Crippen LogP contribution < -0.4 is 0 Å². The average molecular weight is 264 g/mol. The van der Waals surface area contributed by atoms with Crippen LogP contribution in [0, 0.1) is 5.92 Å². The first kappa shape index (κ1) is 12.5. The van der Waals surface area contributed by atoms with Gasteiger partial charge in [-0.05, 0) is 61.3 Å². The van der Waals surface area contributed by atoms with Crippen LogP contribution in [0.1, 0.15) is 36.0 Å². The number of benzene rings is 1. The fourth-order valence-corrected chi connectivity index (χ4v) is 3.74. The lowest BCUT2D eigenvalue weighted by Crippen LogP contribution is -2.20. The van der Waals surface area contributed by atoms with Gasteiger partial charge in [-0.15, -0.1) is 11.6 Å². The number of likely N-dealkylation sites (tertiary alicyclic amines) is 1. The van der Waals surface area contributed by atoms with E-state index in [4.69, 9.17) is 11.6 Å². The molecule has 0 saturated carbocycles. The molecule has 1 aromatic carbocycles. The van der Waals surface area contributed by atoms with Crippen LogP contribution in [0.5, 0.6) is 0 Å². The molecule has 2 aliphatic rings. The zero-order valence-electron chi connectivity index (χ0n) is 11.0. The highest BCUT2D eigenvalue weighted by Crippen LogP contribution is 2.25. The standard InChI is InChI=1S/C16H22ClN/c17-8-6-13-7-9-18(11-13)12-14-4-5-15-2-1-3-16(15)10-14/h4-5,10,13H,1-3,6-9,11-12H2. The van der Waals surface area contributed by atoms with Crippen LogP contribution in [0.25, 0.3) is 0 Å². The first-order valence-corrected chi connectivity index (χ1v) is 7.77. The number of halogens is 1. The summed E-state index contributed by atoms with van der Waals surface area (Å²) in [4.78, 5) is 2.59. The number of rotatable bonds is 4. The molecule has 1 atom stereocenters. The minimum atomic E-state index is 0.817. The van der Waals surface area contributed by atoms with Gasteiger partial charge in [0.2, 0.25) is 0 Å². The smallest absolute Gasteiger partial charge is 0.0233 e. The summed E-state index contributed by atoms with van der Waals surface area (Å²) >= 11 is 5.83. The molecule has 1 fully saturated rings. The van der Waals surface area contributed by atoms with Gasteiger partial charge in [-0.3, -0.25) is 4.90 Å². The van der Waals surface area contributed by atoms with E-state index >= 15 is 0 Å². The van der Waals surface area contributed by atoms with Crippen molar-refractivity contribution < 1.29 is 0 Å². The summed E-state index contributed by atoms with van der Waals surface area (Å²) in [6, 6.07) is 7.13. The van der Waals surface area contributed by atoms with Crippen molar-refractivity contribution in [3.63, 3.8) is 0 Å². The molecule has 1 aromatic rings. The van der Waals surface area contributed by atoms with Gasteiger partial charge in [-0.2, -0.15) is 0 Å². The molecule has 1 heterocycles. The minimum Gasteiger partial charge on any atom is -0.299 e. The Hall–Kier alpha value is -0.530. The number of nitrogens with zero attached hydrogens (tertiary/aromatic N) is 1. The van der Waals surface area contributed by atoms with Crippen LogP contribution in [-0.4, -0.2) is 23.9 Å². The normalized spacial score (nSPS) is 23.5. The van der Waals surface area contributed by atoms with Gasteiger partial charge in [-0.1, -0.05) is 18.2 Å². The van der Waals surface area contributed by atoms with Gasteiger partial charge in [0.05, 0.1) is 0 Å². The quantitative estimate of drug-likeness (QED) is 0.750. The second-order valence-corrected chi connectivity index (χ2v) is 6.20. The first-order chi connectivity index (χ1) is 8.85. The molecule has 1 unspecified atom stereocenters. The molecule has 98 valence electrons. The zero-order chi connectivity index (χ0) is 12.4. The van der Waals surface area contributed by atoms with Gasteiger partial charge >= 0.3 is 0 Å². The second kappa shape index (κ2) is 5.63. The summed E-state index contributed by atoms with van der Waals surface area (Å²) < 4.78 is 0. The highest BCUT2D eigenvalue weighted by molar-refractivity contribution is 6.17. The molecule has 0 amide bonds. The lowest BCUT2D eigenvalue weighted by Gasteiger charge is -2.16. The first-order valence-electron chi connectivity index (χ1n) is 7.24. The largest absolute Gasteiger partial charge is 0.299 e. The van der Waals surface area contributed by atoms with Gasteiger partial charge in [0.15, 0.2) is 0 Å². The van der Waals surface area contributed by atoms with Gasteiger partial charge in [0, 0.05) is 19.0 Å². The summed E-state index contributed by atoms with van der Waals surface area (Å²) in [5, 5.41) is 0. The van der Waals surface area contributed by atoms with Crippen molar-refractivity contribution in [2.45, 2.75) is 38.6 Å². The lowest BCUT2D eigenvalue weighted by atomic mass is 10.1. The van der Waals surface area contributed by atoms with E-state index < -0.39 is 0 Å². The van der Waals surface area contributed by atoms with Crippen molar-refractivity contribution in [2.24, 2.45) is 5.92 Å². The minimum absolute atomic E-state index is 0.817. The van der Waals surface area contributed by atoms with Crippen LogP contribution in [0.15, 0.2) is 18.2 Å². The van der Waals surface area contributed by atoms with Crippen molar-refractivity contribution in [2.75, 3.05) is 19.0 Å². The summed E-state index contributed by atoms with van der Waals surface area (Å²) in [6.07, 6.45) is 6.44. The number of hydrogen-bond acceptors (Lipinski definition) is 1. The maximum atomic E-state index is 5.83. The molecule has 0 aromatic heterocycles. The fourth-order valence-electron chi connectivity index (χ4n) is 3.43. The summed E-state index contributed by atoms with van der Waals surface area (Å²) in [6.45, 7) is 3.62. The maximum absolute atomic E-state index is 5.83. The fraction of sp³-hybridized carbons (Fsp3) is 0.625. The van der Waals surface area contributed by atoms with Crippen LogP contribution >= 0.6 is 11.6 Å². The van der Waals surface area contributed by atoms with Crippen LogP contribution in [-0.2, 0) is 19.4 Å². The average Bonchev–Trinajstić information content (AvgIpc) is 2.98. The van der Waals surface area contributed by atoms with Crippen molar-refractivity contribution in [3.8, 4) is 0 Å². The molecule has 18 heavy (non-hydrogen) atoms. The Kier molecular flexibility index (Phi) is 3.91. The highest BCUT2D eigenvalue weighted by atomic mass is 35.5. The molecule has 0 spiro atoms. The van der Waals surface area contributed by atoms with E-state index in [0.29, 0.717) is 0 Å². The van der Waals surface area contributed by atoms with E-state index in [1.54, 1.807) is 11.1 Å². The third-order valence-electron chi connectivity index (χ3n) is 4.46.